The molecule has 0 bridgehead atoms. The van der Waals surface area contributed by atoms with Gasteiger partial charge in [-0.15, -0.1) is 0 Å². The van der Waals surface area contributed by atoms with Gasteiger partial charge in [0.15, 0.2) is 0 Å². The van der Waals surface area contributed by atoms with Crippen molar-refractivity contribution in [2.24, 2.45) is 0 Å². The van der Waals surface area contributed by atoms with Crippen LogP contribution in [0, 0.1) is 0 Å². The van der Waals surface area contributed by atoms with E-state index in [2.05, 4.69) is 15.9 Å². The van der Waals surface area contributed by atoms with Crippen LogP contribution in [-0.2, 0) is 10.0 Å². The van der Waals surface area contributed by atoms with Crippen LogP contribution >= 0.6 is 15.9 Å². The first-order valence-corrected chi connectivity index (χ1v) is 8.80. The lowest BCUT2D eigenvalue weighted by molar-refractivity contribution is 0.302. The van der Waals surface area contributed by atoms with Gasteiger partial charge >= 0.3 is 0 Å². The molecule has 0 saturated carbocycles. The second-order valence-corrected chi connectivity index (χ2v) is 8.05. The first-order valence-electron chi connectivity index (χ1n) is 6.57. The van der Waals surface area contributed by atoms with Gasteiger partial charge in [-0.25, -0.2) is 8.42 Å². The number of hydrogen-bond acceptors (Lipinski definition) is 5. The molecule has 118 valence electrons. The van der Waals surface area contributed by atoms with E-state index in [0.717, 1.165) is 6.42 Å². The maximum Gasteiger partial charge on any atom is 0.246 e. The Bertz CT molecular complexity index is 634. The standard InChI is InChI=1S/C13H20BrN3O3S/c1-16(2)9-4-5-17(8-9)21(18,19)13-7-11(15)10(14)6-12(13)20-3/h6-7,9H,4-5,8,15H2,1-3H3. The molecule has 1 fully saturated rings. The Labute approximate surface area is 134 Å². The quantitative estimate of drug-likeness (QED) is 0.801. The molecule has 1 unspecified atom stereocenters. The van der Waals surface area contributed by atoms with Crippen LogP contribution in [-0.4, -0.2) is 58.0 Å². The molecule has 1 aromatic rings. The van der Waals surface area contributed by atoms with E-state index in [0.29, 0.717) is 29.0 Å². The van der Waals surface area contributed by atoms with Crippen molar-refractivity contribution in [3.63, 3.8) is 0 Å². The topological polar surface area (TPSA) is 75.9 Å². The first-order chi connectivity index (χ1) is 9.77. The molecule has 8 heteroatoms. The number of nitrogens with two attached hydrogens (primary N) is 1. The van der Waals surface area contributed by atoms with Crippen LogP contribution in [0.3, 0.4) is 0 Å². The third kappa shape index (κ3) is 3.18. The van der Waals surface area contributed by atoms with E-state index in [9.17, 15) is 8.42 Å². The number of halogens is 1. The summed E-state index contributed by atoms with van der Waals surface area (Å²) in [6, 6.07) is 3.27. The zero-order valence-corrected chi connectivity index (χ0v) is 14.7. The normalized spacial score (nSPS) is 20.1. The minimum atomic E-state index is -3.61. The summed E-state index contributed by atoms with van der Waals surface area (Å²) in [6.45, 7) is 0.985. The number of likely N-dealkylation sites (N-methyl/N-ethyl adjacent to an activating group) is 1. The molecule has 6 nitrogen and oxygen atoms in total. The average molecular weight is 378 g/mol. The molecule has 21 heavy (non-hydrogen) atoms. The third-order valence-electron chi connectivity index (χ3n) is 3.76. The smallest absolute Gasteiger partial charge is 0.246 e. The molecule has 2 N–H and O–H groups in total. The molecule has 2 rings (SSSR count). The zero-order valence-electron chi connectivity index (χ0n) is 12.3. The Hall–Kier alpha value is -0.830. The van der Waals surface area contributed by atoms with Gasteiger partial charge in [0, 0.05) is 29.3 Å². The number of methoxy groups -OCH3 is 1. The van der Waals surface area contributed by atoms with E-state index < -0.39 is 10.0 Å². The molecule has 0 aliphatic carbocycles. The van der Waals surface area contributed by atoms with Crippen molar-refractivity contribution in [1.29, 1.82) is 0 Å². The molecule has 1 atom stereocenters. The van der Waals surface area contributed by atoms with Crippen LogP contribution in [0.4, 0.5) is 5.69 Å². The van der Waals surface area contributed by atoms with Crippen LogP contribution < -0.4 is 10.5 Å². The van der Waals surface area contributed by atoms with Crippen LogP contribution in [0.1, 0.15) is 6.42 Å². The predicted molar refractivity (Wildman–Crippen MR) is 86.0 cm³/mol. The molecule has 1 aliphatic rings. The van der Waals surface area contributed by atoms with Gasteiger partial charge in [-0.05, 0) is 48.6 Å². The molecule has 1 saturated heterocycles. The van der Waals surface area contributed by atoms with E-state index in [1.165, 1.54) is 17.5 Å². The highest BCUT2D eigenvalue weighted by molar-refractivity contribution is 9.10. The second-order valence-electron chi connectivity index (χ2n) is 5.29. The van der Waals surface area contributed by atoms with E-state index >= 15 is 0 Å². The number of ether oxygens (including phenoxy) is 1. The Morgan fingerprint density at radius 1 is 1.43 bits per heavy atom. The maximum absolute atomic E-state index is 12.8. The molecule has 0 aromatic heterocycles. The fourth-order valence-electron chi connectivity index (χ4n) is 2.40. The lowest BCUT2D eigenvalue weighted by Gasteiger charge is -2.21. The monoisotopic (exact) mass is 377 g/mol. The van der Waals surface area contributed by atoms with Crippen LogP contribution in [0.2, 0.25) is 0 Å². The lowest BCUT2D eigenvalue weighted by atomic mass is 10.2. The number of nitrogen functional groups attached to an aromatic ring is 1. The number of benzene rings is 1. The molecule has 0 amide bonds. The van der Waals surface area contributed by atoms with Gasteiger partial charge in [-0.3, -0.25) is 0 Å². The highest BCUT2D eigenvalue weighted by Crippen LogP contribution is 2.35. The van der Waals surface area contributed by atoms with Gasteiger partial charge in [0.05, 0.1) is 7.11 Å². The van der Waals surface area contributed by atoms with Crippen LogP contribution in [0.25, 0.3) is 0 Å². The third-order valence-corrected chi connectivity index (χ3v) is 6.33. The van der Waals surface area contributed by atoms with Gasteiger partial charge < -0.3 is 15.4 Å². The minimum absolute atomic E-state index is 0.116. The van der Waals surface area contributed by atoms with Crippen molar-refractivity contribution in [2.45, 2.75) is 17.4 Å². The highest BCUT2D eigenvalue weighted by atomic mass is 79.9. The Morgan fingerprint density at radius 2 is 2.10 bits per heavy atom. The van der Waals surface area contributed by atoms with Gasteiger partial charge in [-0.1, -0.05) is 0 Å². The number of rotatable bonds is 4. The van der Waals surface area contributed by atoms with E-state index in [1.54, 1.807) is 6.07 Å². The van der Waals surface area contributed by atoms with Crippen molar-refractivity contribution in [2.75, 3.05) is 40.0 Å². The number of sulfonamides is 1. The van der Waals surface area contributed by atoms with E-state index in [1.807, 2.05) is 19.0 Å². The van der Waals surface area contributed by atoms with Gasteiger partial charge in [-0.2, -0.15) is 4.31 Å². The molecule has 1 heterocycles. The Kier molecular flexibility index (Phi) is 4.82. The minimum Gasteiger partial charge on any atom is -0.495 e. The fraction of sp³-hybridized carbons (Fsp3) is 0.538. The SMILES string of the molecule is COc1cc(Br)c(N)cc1S(=O)(=O)N1CCC(N(C)C)C1. The maximum atomic E-state index is 12.8. The number of hydrogen-bond donors (Lipinski definition) is 1. The van der Waals surface area contributed by atoms with Crippen LogP contribution in [0.5, 0.6) is 5.75 Å². The fourth-order valence-corrected chi connectivity index (χ4v) is 4.39. The van der Waals surface area contributed by atoms with Gasteiger partial charge in [0.25, 0.3) is 0 Å². The first kappa shape index (κ1) is 16.5. The van der Waals surface area contributed by atoms with Crippen molar-refractivity contribution in [3.05, 3.63) is 16.6 Å². The zero-order chi connectivity index (χ0) is 15.8. The predicted octanol–water partition coefficient (Wildman–Crippen LogP) is 1.36. The summed E-state index contributed by atoms with van der Waals surface area (Å²) in [5.41, 5.74) is 6.19. The summed E-state index contributed by atoms with van der Waals surface area (Å²) in [6.07, 6.45) is 0.820. The molecular weight excluding hydrogens is 358 g/mol. The molecule has 0 spiro atoms. The summed E-state index contributed by atoms with van der Waals surface area (Å²) in [5, 5.41) is 0. The Morgan fingerprint density at radius 3 is 2.62 bits per heavy atom. The van der Waals surface area contributed by atoms with Gasteiger partial charge in [0.1, 0.15) is 10.6 Å². The molecular formula is C13H20BrN3O3S. The Balaban J connectivity index is 2.39. The van der Waals surface area contributed by atoms with Crippen molar-refractivity contribution < 1.29 is 13.2 Å². The summed E-state index contributed by atoms with van der Waals surface area (Å²) in [7, 11) is 1.76. The second kappa shape index (κ2) is 6.12. The van der Waals surface area contributed by atoms with Gasteiger partial charge in [0.2, 0.25) is 10.0 Å². The molecule has 1 aliphatic heterocycles. The summed E-state index contributed by atoms with van der Waals surface area (Å²) >= 11 is 3.28. The highest BCUT2D eigenvalue weighted by Gasteiger charge is 2.35. The van der Waals surface area contributed by atoms with Crippen molar-refractivity contribution in [3.8, 4) is 5.75 Å². The average Bonchev–Trinajstić information content (AvgIpc) is 2.91. The molecule has 1 aromatic carbocycles. The summed E-state index contributed by atoms with van der Waals surface area (Å²) in [4.78, 5) is 2.16. The van der Waals surface area contributed by atoms with Crippen molar-refractivity contribution in [1.82, 2.24) is 9.21 Å². The largest absolute Gasteiger partial charge is 0.495 e. The lowest BCUT2D eigenvalue weighted by Crippen LogP contribution is -2.34. The summed E-state index contributed by atoms with van der Waals surface area (Å²) < 4.78 is 32.9. The number of nitrogens with zero attached hydrogens (tertiary/aromatic N) is 2. The number of anilines is 1. The van der Waals surface area contributed by atoms with E-state index in [-0.39, 0.29) is 10.9 Å². The van der Waals surface area contributed by atoms with Crippen LogP contribution in [0.15, 0.2) is 21.5 Å². The van der Waals surface area contributed by atoms with Crippen molar-refractivity contribution >= 4 is 31.6 Å². The summed E-state index contributed by atoms with van der Waals surface area (Å²) in [5.74, 6) is 0.296. The molecule has 0 radical (unpaired) electrons. The van der Waals surface area contributed by atoms with E-state index in [4.69, 9.17) is 10.5 Å².